The predicted octanol–water partition coefficient (Wildman–Crippen LogP) is 5.38. The average molecular weight is 599 g/mol. The van der Waals surface area contributed by atoms with Crippen molar-refractivity contribution in [3.8, 4) is 22.8 Å². The van der Waals surface area contributed by atoms with E-state index in [1.165, 1.54) is 30.1 Å². The van der Waals surface area contributed by atoms with Gasteiger partial charge in [-0.25, -0.2) is 9.79 Å². The number of carbonyl (C=O) groups excluding carboxylic acids is 1. The first-order valence-electron chi connectivity index (χ1n) is 12.2. The van der Waals surface area contributed by atoms with Crippen molar-refractivity contribution >= 4 is 46.6 Å². The molecule has 0 spiro atoms. The third-order valence-corrected chi connectivity index (χ3v) is 7.88. The van der Waals surface area contributed by atoms with Crippen molar-refractivity contribution in [1.82, 2.24) is 4.57 Å². The molecule has 0 bridgehead atoms. The maximum absolute atomic E-state index is 13.9. The zero-order valence-corrected chi connectivity index (χ0v) is 24.3. The molecule has 0 N–H and O–H groups in total. The smallest absolute Gasteiger partial charge is 0.338 e. The summed E-state index contributed by atoms with van der Waals surface area (Å²) in [6, 6.07) is 13.1. The number of aromatic nitrogens is 1. The number of carbonyl (C=O) groups is 1. The molecule has 2 aromatic carbocycles. The molecule has 0 radical (unpaired) electrons. The lowest BCUT2D eigenvalue weighted by atomic mass is 9.95. The number of fused-ring (bicyclic) bond motifs is 1. The van der Waals surface area contributed by atoms with Crippen LogP contribution in [0.5, 0.6) is 11.5 Å². The molecule has 40 heavy (non-hydrogen) atoms. The fraction of sp³-hybridized carbons (Fsp3) is 0.207. The van der Waals surface area contributed by atoms with Gasteiger partial charge >= 0.3 is 5.97 Å². The standard InChI is InChI=1S/C29H24Cl2N2O6S/c1-5-38-28(35)25-15(2)32-29-33(26(25)16-6-10-22(36-3)23(12-16)37-4)27(34)24(40-29)14-18-8-11-21(39-18)19-13-17(30)7-9-20(19)31/h6-14,26H,5H2,1-4H3. The van der Waals surface area contributed by atoms with Crippen LogP contribution in [-0.2, 0) is 9.53 Å². The fourth-order valence-electron chi connectivity index (χ4n) is 4.52. The third-order valence-electron chi connectivity index (χ3n) is 6.33. The summed E-state index contributed by atoms with van der Waals surface area (Å²) >= 11 is 13.7. The number of ether oxygens (including phenoxy) is 3. The topological polar surface area (TPSA) is 92.3 Å². The molecule has 1 aliphatic heterocycles. The summed E-state index contributed by atoms with van der Waals surface area (Å²) in [6.07, 6.45) is 1.64. The number of thiazole rings is 1. The van der Waals surface area contributed by atoms with E-state index in [0.29, 0.717) is 59.2 Å². The van der Waals surface area contributed by atoms with Crippen LogP contribution >= 0.6 is 34.5 Å². The molecular weight excluding hydrogens is 575 g/mol. The van der Waals surface area contributed by atoms with Gasteiger partial charge in [-0.1, -0.05) is 40.6 Å². The van der Waals surface area contributed by atoms with Crippen molar-refractivity contribution in [2.45, 2.75) is 19.9 Å². The summed E-state index contributed by atoms with van der Waals surface area (Å²) in [5.74, 6) is 1.38. The second-order valence-corrected chi connectivity index (χ2v) is 10.6. The SMILES string of the molecule is CCOC(=O)C1=C(C)N=c2sc(=Cc3ccc(-c4cc(Cl)ccc4Cl)o3)c(=O)n2C1c1ccc(OC)c(OC)c1. The normalized spacial score (nSPS) is 15.1. The minimum atomic E-state index is -0.797. The lowest BCUT2D eigenvalue weighted by Crippen LogP contribution is -2.39. The molecule has 4 aromatic rings. The van der Waals surface area contributed by atoms with Crippen molar-refractivity contribution < 1.29 is 23.4 Å². The van der Waals surface area contributed by atoms with Gasteiger partial charge in [0.1, 0.15) is 11.5 Å². The fourth-order valence-corrected chi connectivity index (χ4v) is 5.93. The third kappa shape index (κ3) is 5.08. The Bertz CT molecular complexity index is 1840. The summed E-state index contributed by atoms with van der Waals surface area (Å²) in [5.41, 5.74) is 1.67. The summed E-state index contributed by atoms with van der Waals surface area (Å²) in [5, 5.41) is 1.01. The Morgan fingerprint density at radius 2 is 1.88 bits per heavy atom. The quantitative estimate of drug-likeness (QED) is 0.265. The predicted molar refractivity (Wildman–Crippen MR) is 154 cm³/mol. The number of furan rings is 1. The number of nitrogens with zero attached hydrogens (tertiary/aromatic N) is 2. The second kappa shape index (κ2) is 11.4. The van der Waals surface area contributed by atoms with Crippen molar-refractivity contribution in [3.63, 3.8) is 0 Å². The van der Waals surface area contributed by atoms with Crippen molar-refractivity contribution in [2.24, 2.45) is 4.99 Å². The van der Waals surface area contributed by atoms with Gasteiger partial charge in [-0.05, 0) is 61.9 Å². The summed E-state index contributed by atoms with van der Waals surface area (Å²) < 4.78 is 24.1. The monoisotopic (exact) mass is 598 g/mol. The Labute approximate surface area is 243 Å². The highest BCUT2D eigenvalue weighted by molar-refractivity contribution is 7.07. The van der Waals surface area contributed by atoms with E-state index in [4.69, 9.17) is 41.8 Å². The van der Waals surface area contributed by atoms with Gasteiger partial charge in [0.05, 0.1) is 47.7 Å². The van der Waals surface area contributed by atoms with E-state index < -0.39 is 12.0 Å². The van der Waals surface area contributed by atoms with Gasteiger partial charge < -0.3 is 18.6 Å². The van der Waals surface area contributed by atoms with E-state index in [0.717, 1.165) is 0 Å². The minimum Gasteiger partial charge on any atom is -0.493 e. The van der Waals surface area contributed by atoms with Gasteiger partial charge in [-0.3, -0.25) is 9.36 Å². The Kier molecular flexibility index (Phi) is 7.89. The number of rotatable bonds is 7. The number of allylic oxidation sites excluding steroid dienone is 1. The van der Waals surface area contributed by atoms with E-state index in [1.54, 1.807) is 68.5 Å². The molecule has 0 amide bonds. The van der Waals surface area contributed by atoms with Crippen LogP contribution in [0, 0.1) is 0 Å². The van der Waals surface area contributed by atoms with Crippen molar-refractivity contribution in [3.05, 3.63) is 101 Å². The molecule has 0 saturated heterocycles. The summed E-state index contributed by atoms with van der Waals surface area (Å²) in [6.45, 7) is 3.63. The van der Waals surface area contributed by atoms with Crippen molar-refractivity contribution in [1.29, 1.82) is 0 Å². The first-order valence-corrected chi connectivity index (χ1v) is 13.8. The van der Waals surface area contributed by atoms with Crippen LogP contribution in [0.1, 0.15) is 31.2 Å². The maximum Gasteiger partial charge on any atom is 0.338 e. The lowest BCUT2D eigenvalue weighted by molar-refractivity contribution is -0.139. The Hall–Kier alpha value is -3.79. The van der Waals surface area contributed by atoms with Crippen LogP contribution in [0.2, 0.25) is 10.0 Å². The summed E-state index contributed by atoms with van der Waals surface area (Å²) in [4.78, 5) is 32.0. The van der Waals surface area contributed by atoms with Gasteiger partial charge in [0, 0.05) is 16.7 Å². The summed E-state index contributed by atoms with van der Waals surface area (Å²) in [7, 11) is 3.06. The van der Waals surface area contributed by atoms with Gasteiger partial charge in [-0.2, -0.15) is 0 Å². The molecule has 0 fully saturated rings. The van der Waals surface area contributed by atoms with Gasteiger partial charge in [-0.15, -0.1) is 0 Å². The highest BCUT2D eigenvalue weighted by Gasteiger charge is 2.34. The molecular formula is C29H24Cl2N2O6S. The van der Waals surface area contributed by atoms with Crippen LogP contribution in [0.25, 0.3) is 17.4 Å². The zero-order chi connectivity index (χ0) is 28.6. The van der Waals surface area contributed by atoms with E-state index in [1.807, 2.05) is 0 Å². The van der Waals surface area contributed by atoms with Crippen LogP contribution in [0.4, 0.5) is 0 Å². The highest BCUT2D eigenvalue weighted by Crippen LogP contribution is 2.36. The van der Waals surface area contributed by atoms with Crippen molar-refractivity contribution in [2.75, 3.05) is 20.8 Å². The maximum atomic E-state index is 13.9. The number of hydrogen-bond acceptors (Lipinski definition) is 8. The number of halogens is 2. The molecule has 5 rings (SSSR count). The highest BCUT2D eigenvalue weighted by atomic mass is 35.5. The van der Waals surface area contributed by atoms with E-state index in [-0.39, 0.29) is 17.7 Å². The number of esters is 1. The Morgan fingerprint density at radius 3 is 2.60 bits per heavy atom. The minimum absolute atomic E-state index is 0.177. The zero-order valence-electron chi connectivity index (χ0n) is 22.0. The first-order chi connectivity index (χ1) is 19.2. The number of benzene rings is 2. The molecule has 2 aromatic heterocycles. The average Bonchev–Trinajstić information content (AvgIpc) is 3.53. The molecule has 1 aliphatic rings. The molecule has 1 atom stereocenters. The molecule has 1 unspecified atom stereocenters. The second-order valence-electron chi connectivity index (χ2n) is 8.74. The Morgan fingerprint density at radius 1 is 1.10 bits per heavy atom. The molecule has 11 heteroatoms. The van der Waals surface area contributed by atoms with E-state index in [2.05, 4.69) is 4.99 Å². The molecule has 206 valence electrons. The van der Waals surface area contributed by atoms with Crippen LogP contribution < -0.4 is 24.4 Å². The lowest BCUT2D eigenvalue weighted by Gasteiger charge is -2.25. The Balaban J connectivity index is 1.66. The molecule has 8 nitrogen and oxygen atoms in total. The van der Waals surface area contributed by atoms with Crippen LogP contribution in [0.15, 0.2) is 74.0 Å². The number of hydrogen-bond donors (Lipinski definition) is 0. The largest absolute Gasteiger partial charge is 0.493 e. The molecule has 0 aliphatic carbocycles. The van der Waals surface area contributed by atoms with Gasteiger partial charge in [0.25, 0.3) is 5.56 Å². The molecule has 3 heterocycles. The van der Waals surface area contributed by atoms with Crippen LogP contribution in [-0.4, -0.2) is 31.4 Å². The van der Waals surface area contributed by atoms with E-state index >= 15 is 0 Å². The van der Waals surface area contributed by atoms with Crippen LogP contribution in [0.3, 0.4) is 0 Å². The number of methoxy groups -OCH3 is 2. The molecule has 0 saturated carbocycles. The first kappa shape index (κ1) is 27.8. The van der Waals surface area contributed by atoms with Gasteiger partial charge in [0.2, 0.25) is 0 Å². The van der Waals surface area contributed by atoms with Gasteiger partial charge in [0.15, 0.2) is 16.3 Å². The van der Waals surface area contributed by atoms with E-state index in [9.17, 15) is 9.59 Å².